The van der Waals surface area contributed by atoms with Gasteiger partial charge in [0.1, 0.15) is 11.5 Å². The molecule has 0 aliphatic rings. The minimum absolute atomic E-state index is 0.0653. The summed E-state index contributed by atoms with van der Waals surface area (Å²) in [6.45, 7) is 1.77. The second-order valence-corrected chi connectivity index (χ2v) is 6.02. The minimum Gasteiger partial charge on any atom is -0.505 e. The first-order valence-corrected chi connectivity index (χ1v) is 8.46. The van der Waals surface area contributed by atoms with Crippen LogP contribution in [0.2, 0.25) is 0 Å². The van der Waals surface area contributed by atoms with E-state index in [1.54, 1.807) is 31.2 Å². The highest BCUT2D eigenvalue weighted by Crippen LogP contribution is 2.21. The molecule has 3 rings (SSSR count). The fraction of sp³-hybridized carbons (Fsp3) is 0.100. The van der Waals surface area contributed by atoms with E-state index >= 15 is 0 Å². The molecule has 2 aromatic heterocycles. The van der Waals surface area contributed by atoms with Crippen molar-refractivity contribution >= 4 is 17.5 Å². The number of aromatic hydroxyl groups is 2. The van der Waals surface area contributed by atoms with Crippen LogP contribution in [0.4, 0.5) is 5.69 Å². The summed E-state index contributed by atoms with van der Waals surface area (Å²) in [6.07, 6.45) is 2.83. The van der Waals surface area contributed by atoms with E-state index in [4.69, 9.17) is 0 Å². The molecule has 0 aliphatic carbocycles. The number of rotatable bonds is 5. The average molecular weight is 378 g/mol. The topological polar surface area (TPSA) is 124 Å². The van der Waals surface area contributed by atoms with Crippen LogP contribution in [-0.2, 0) is 0 Å². The lowest BCUT2D eigenvalue weighted by molar-refractivity contribution is 0.0931. The molecule has 0 bridgehead atoms. The largest absolute Gasteiger partial charge is 0.505 e. The van der Waals surface area contributed by atoms with Crippen molar-refractivity contribution in [1.82, 2.24) is 15.3 Å². The van der Waals surface area contributed by atoms with E-state index in [1.807, 2.05) is 0 Å². The molecule has 0 fully saturated rings. The van der Waals surface area contributed by atoms with Gasteiger partial charge in [0.05, 0.1) is 6.04 Å². The molecular formula is C20H18N4O4. The number of aromatic nitrogens is 2. The molecule has 0 saturated carbocycles. The molecule has 2 amide bonds. The van der Waals surface area contributed by atoms with Gasteiger partial charge in [-0.25, -0.2) is 9.97 Å². The van der Waals surface area contributed by atoms with Crippen molar-refractivity contribution in [3.63, 3.8) is 0 Å². The normalized spacial score (nSPS) is 11.5. The summed E-state index contributed by atoms with van der Waals surface area (Å²) < 4.78 is 0. The molecule has 1 aromatic carbocycles. The van der Waals surface area contributed by atoms with Crippen LogP contribution >= 0.6 is 0 Å². The van der Waals surface area contributed by atoms with E-state index in [0.717, 1.165) is 5.56 Å². The Hall–Kier alpha value is -3.94. The first-order valence-electron chi connectivity index (χ1n) is 8.46. The zero-order valence-corrected chi connectivity index (χ0v) is 15.0. The maximum Gasteiger partial charge on any atom is 0.278 e. The highest BCUT2D eigenvalue weighted by molar-refractivity contribution is 6.04. The Kier molecular flexibility index (Phi) is 5.50. The first-order chi connectivity index (χ1) is 13.5. The number of benzene rings is 1. The third-order valence-corrected chi connectivity index (χ3v) is 4.00. The molecule has 28 heavy (non-hydrogen) atoms. The number of pyridine rings is 2. The fourth-order valence-corrected chi connectivity index (χ4v) is 2.57. The van der Waals surface area contributed by atoms with Crippen molar-refractivity contribution in [3.05, 3.63) is 77.9 Å². The number of hydrogen-bond donors (Lipinski definition) is 4. The van der Waals surface area contributed by atoms with Crippen molar-refractivity contribution in [3.8, 4) is 11.5 Å². The molecule has 1 atom stereocenters. The van der Waals surface area contributed by atoms with E-state index in [1.165, 1.54) is 36.7 Å². The molecule has 2 heterocycles. The van der Waals surface area contributed by atoms with Gasteiger partial charge in [-0.1, -0.05) is 12.1 Å². The summed E-state index contributed by atoms with van der Waals surface area (Å²) >= 11 is 0. The second-order valence-electron chi connectivity index (χ2n) is 6.02. The summed E-state index contributed by atoms with van der Waals surface area (Å²) in [4.78, 5) is 32.3. The van der Waals surface area contributed by atoms with Gasteiger partial charge >= 0.3 is 0 Å². The van der Waals surface area contributed by atoms with Crippen molar-refractivity contribution < 1.29 is 19.8 Å². The lowest BCUT2D eigenvalue weighted by Gasteiger charge is -2.16. The zero-order valence-electron chi connectivity index (χ0n) is 15.0. The van der Waals surface area contributed by atoms with Gasteiger partial charge in [0, 0.05) is 18.1 Å². The van der Waals surface area contributed by atoms with Crippen LogP contribution in [0, 0.1) is 0 Å². The number of nitrogens with zero attached hydrogens (tertiary/aromatic N) is 2. The lowest BCUT2D eigenvalue weighted by atomic mass is 10.1. The van der Waals surface area contributed by atoms with Crippen LogP contribution in [0.1, 0.15) is 39.5 Å². The Morgan fingerprint density at radius 2 is 1.50 bits per heavy atom. The predicted octanol–water partition coefficient (Wildman–Crippen LogP) is 2.63. The highest BCUT2D eigenvalue weighted by Gasteiger charge is 2.17. The smallest absolute Gasteiger partial charge is 0.278 e. The molecule has 0 spiro atoms. The van der Waals surface area contributed by atoms with Gasteiger partial charge < -0.3 is 20.8 Å². The van der Waals surface area contributed by atoms with E-state index in [0.29, 0.717) is 5.69 Å². The van der Waals surface area contributed by atoms with Crippen LogP contribution in [0.3, 0.4) is 0 Å². The van der Waals surface area contributed by atoms with Crippen LogP contribution in [0.5, 0.6) is 11.5 Å². The Morgan fingerprint density at radius 3 is 2.11 bits per heavy atom. The van der Waals surface area contributed by atoms with Gasteiger partial charge in [0.2, 0.25) is 0 Å². The molecule has 142 valence electrons. The zero-order chi connectivity index (χ0) is 20.1. The van der Waals surface area contributed by atoms with E-state index < -0.39 is 17.9 Å². The Bertz CT molecular complexity index is 1020. The summed E-state index contributed by atoms with van der Waals surface area (Å²) in [6, 6.07) is 12.3. The molecule has 0 radical (unpaired) electrons. The molecule has 8 nitrogen and oxygen atoms in total. The van der Waals surface area contributed by atoms with Crippen LogP contribution in [-0.4, -0.2) is 32.0 Å². The first kappa shape index (κ1) is 18.8. The standard InChI is InChI=1S/C20H18N4O4/c1-12(23-19(27)17-15(25)7-3-9-21-17)13-5-2-6-14(11-13)24-20(28)18-16(26)8-4-10-22-18/h2-12,25-26H,1H3,(H,23,27)(H,24,28). The van der Waals surface area contributed by atoms with E-state index in [2.05, 4.69) is 20.6 Å². The van der Waals surface area contributed by atoms with Crippen LogP contribution < -0.4 is 10.6 Å². The number of amides is 2. The molecule has 1 unspecified atom stereocenters. The van der Waals surface area contributed by atoms with Crippen LogP contribution in [0.15, 0.2) is 60.9 Å². The number of carbonyl (C=O) groups is 2. The molecule has 3 aromatic rings. The van der Waals surface area contributed by atoms with Gasteiger partial charge in [-0.2, -0.15) is 0 Å². The second kappa shape index (κ2) is 8.17. The fourth-order valence-electron chi connectivity index (χ4n) is 2.57. The minimum atomic E-state index is -0.551. The van der Waals surface area contributed by atoms with E-state index in [9.17, 15) is 19.8 Å². The van der Waals surface area contributed by atoms with Gasteiger partial charge in [-0.05, 0) is 48.9 Å². The van der Waals surface area contributed by atoms with Crippen molar-refractivity contribution in [2.45, 2.75) is 13.0 Å². The van der Waals surface area contributed by atoms with Crippen molar-refractivity contribution in [1.29, 1.82) is 0 Å². The monoisotopic (exact) mass is 378 g/mol. The van der Waals surface area contributed by atoms with Crippen molar-refractivity contribution in [2.75, 3.05) is 5.32 Å². The summed E-state index contributed by atoms with van der Waals surface area (Å²) in [5.41, 5.74) is 1.06. The van der Waals surface area contributed by atoms with Gasteiger partial charge in [0.25, 0.3) is 11.8 Å². The molecule has 0 aliphatic heterocycles. The predicted molar refractivity (Wildman–Crippen MR) is 102 cm³/mol. The maximum atomic E-state index is 12.3. The lowest BCUT2D eigenvalue weighted by Crippen LogP contribution is -2.27. The Balaban J connectivity index is 1.72. The summed E-state index contributed by atoms with van der Waals surface area (Å²) in [5, 5.41) is 24.9. The Labute approximate surface area is 160 Å². The molecule has 0 saturated heterocycles. The summed E-state index contributed by atoms with van der Waals surface area (Å²) in [5.74, 6) is -1.49. The third kappa shape index (κ3) is 4.24. The quantitative estimate of drug-likeness (QED) is 0.541. The van der Waals surface area contributed by atoms with Gasteiger partial charge in [0.15, 0.2) is 11.4 Å². The maximum absolute atomic E-state index is 12.3. The SMILES string of the molecule is CC(NC(=O)c1ncccc1O)c1cccc(NC(=O)c2ncccc2O)c1. The number of carbonyl (C=O) groups excluding carboxylic acids is 2. The highest BCUT2D eigenvalue weighted by atomic mass is 16.3. The van der Waals surface area contributed by atoms with E-state index in [-0.39, 0.29) is 22.9 Å². The molecular weight excluding hydrogens is 360 g/mol. The summed E-state index contributed by atoms with van der Waals surface area (Å²) in [7, 11) is 0. The Morgan fingerprint density at radius 1 is 0.893 bits per heavy atom. The number of hydrogen-bond acceptors (Lipinski definition) is 6. The number of anilines is 1. The third-order valence-electron chi connectivity index (χ3n) is 4.00. The van der Waals surface area contributed by atoms with Gasteiger partial charge in [-0.3, -0.25) is 9.59 Å². The molecule has 4 N–H and O–H groups in total. The number of nitrogens with one attached hydrogen (secondary N) is 2. The molecule has 8 heteroatoms. The average Bonchev–Trinajstić information content (AvgIpc) is 2.68. The van der Waals surface area contributed by atoms with Gasteiger partial charge in [-0.15, -0.1) is 0 Å². The van der Waals surface area contributed by atoms with Crippen LogP contribution in [0.25, 0.3) is 0 Å². The van der Waals surface area contributed by atoms with Crippen molar-refractivity contribution in [2.24, 2.45) is 0 Å².